The van der Waals surface area contributed by atoms with Gasteiger partial charge in [0.15, 0.2) is 0 Å². The highest BCUT2D eigenvalue weighted by Crippen LogP contribution is 2.33. The molecule has 0 saturated carbocycles. The van der Waals surface area contributed by atoms with Crippen LogP contribution in [0.5, 0.6) is 0 Å². The van der Waals surface area contributed by atoms with E-state index in [1.165, 1.54) is 9.91 Å². The number of hydrogen-bond donors (Lipinski definition) is 1. The zero-order valence-corrected chi connectivity index (χ0v) is 19.6. The maximum Gasteiger partial charge on any atom is 0.262 e. The molecule has 0 spiro atoms. The molecule has 1 aliphatic rings. The average molecular weight is 485 g/mol. The van der Waals surface area contributed by atoms with Crippen LogP contribution in [0.2, 0.25) is 10.0 Å². The number of nitrogens with zero attached hydrogens (tertiary/aromatic N) is 3. The van der Waals surface area contributed by atoms with Crippen molar-refractivity contribution in [2.45, 2.75) is 12.5 Å². The summed E-state index contributed by atoms with van der Waals surface area (Å²) in [6.07, 6.45) is 2.07. The van der Waals surface area contributed by atoms with Crippen molar-refractivity contribution in [2.24, 2.45) is 5.10 Å². The number of carbonyl (C=O) groups is 2. The molecule has 0 saturated heterocycles. The number of furan rings is 1. The molecular weight excluding hydrogens is 463 g/mol. The van der Waals surface area contributed by atoms with E-state index >= 15 is 0 Å². The summed E-state index contributed by atoms with van der Waals surface area (Å²) in [7, 11) is 3.33. The van der Waals surface area contributed by atoms with Crippen molar-refractivity contribution in [3.63, 3.8) is 0 Å². The second-order valence-corrected chi connectivity index (χ2v) is 8.64. The molecule has 0 radical (unpaired) electrons. The van der Waals surface area contributed by atoms with Crippen molar-refractivity contribution in [3.8, 4) is 0 Å². The Morgan fingerprint density at radius 3 is 2.52 bits per heavy atom. The highest BCUT2D eigenvalue weighted by atomic mass is 35.5. The standard InChI is InChI=1S/C24H22Cl2N4O3/c1-29(2)24(32)18-10-9-17(26)12-20(18)27-14-23(31)30-21(22-4-3-11-33-22)13-19(28-30)15-5-7-16(25)8-6-15/h3-12,21,27H,13-14H2,1-2H3. The minimum absolute atomic E-state index is 0.0807. The second-order valence-electron chi connectivity index (χ2n) is 7.77. The van der Waals surface area contributed by atoms with Crippen molar-refractivity contribution in [1.82, 2.24) is 9.91 Å². The van der Waals surface area contributed by atoms with E-state index < -0.39 is 0 Å². The van der Waals surface area contributed by atoms with Crippen LogP contribution in [0.25, 0.3) is 0 Å². The van der Waals surface area contributed by atoms with Gasteiger partial charge in [0.2, 0.25) is 0 Å². The van der Waals surface area contributed by atoms with Crippen molar-refractivity contribution in [3.05, 3.63) is 87.8 Å². The van der Waals surface area contributed by atoms with Gasteiger partial charge in [-0.1, -0.05) is 35.3 Å². The third-order valence-corrected chi connectivity index (χ3v) is 5.75. The monoisotopic (exact) mass is 484 g/mol. The summed E-state index contributed by atoms with van der Waals surface area (Å²) in [6.45, 7) is -0.0807. The number of hydrazone groups is 1. The molecule has 1 unspecified atom stereocenters. The Balaban J connectivity index is 1.57. The molecule has 7 nitrogen and oxygen atoms in total. The smallest absolute Gasteiger partial charge is 0.262 e. The molecule has 1 N–H and O–H groups in total. The van der Waals surface area contributed by atoms with Crippen LogP contribution in [0.4, 0.5) is 5.69 Å². The Morgan fingerprint density at radius 1 is 1.12 bits per heavy atom. The van der Waals surface area contributed by atoms with Crippen LogP contribution in [-0.4, -0.2) is 48.1 Å². The summed E-state index contributed by atoms with van der Waals surface area (Å²) in [4.78, 5) is 27.2. The Kier molecular flexibility index (Phi) is 6.72. The van der Waals surface area contributed by atoms with Crippen LogP contribution < -0.4 is 5.32 Å². The summed E-state index contributed by atoms with van der Waals surface area (Å²) in [5.74, 6) is 0.171. The number of amides is 2. The number of benzene rings is 2. The topological polar surface area (TPSA) is 78.2 Å². The number of carbonyl (C=O) groups excluding carboxylic acids is 2. The van der Waals surface area contributed by atoms with E-state index in [0.717, 1.165) is 11.3 Å². The molecular formula is C24H22Cl2N4O3. The Morgan fingerprint density at radius 2 is 1.85 bits per heavy atom. The van der Waals surface area contributed by atoms with Gasteiger partial charge < -0.3 is 14.6 Å². The summed E-state index contributed by atoms with van der Waals surface area (Å²) in [5, 5.41) is 10.2. The lowest BCUT2D eigenvalue weighted by Crippen LogP contribution is -2.32. The molecule has 2 amide bonds. The molecule has 9 heteroatoms. The van der Waals surface area contributed by atoms with Crippen molar-refractivity contribution in [1.29, 1.82) is 0 Å². The molecule has 2 aromatic carbocycles. The molecule has 33 heavy (non-hydrogen) atoms. The van der Waals surface area contributed by atoms with E-state index in [-0.39, 0.29) is 24.4 Å². The first-order chi connectivity index (χ1) is 15.8. The summed E-state index contributed by atoms with van der Waals surface area (Å²) < 4.78 is 5.58. The quantitative estimate of drug-likeness (QED) is 0.529. The van der Waals surface area contributed by atoms with E-state index in [4.69, 9.17) is 27.6 Å². The third kappa shape index (κ3) is 5.05. The first-order valence-electron chi connectivity index (χ1n) is 10.3. The Labute approximate surface area is 201 Å². The minimum atomic E-state index is -0.373. The fourth-order valence-corrected chi connectivity index (χ4v) is 3.90. The first-order valence-corrected chi connectivity index (χ1v) is 11.0. The van der Waals surface area contributed by atoms with Gasteiger partial charge in [0.1, 0.15) is 11.8 Å². The fraction of sp³-hybridized carbons (Fsp3) is 0.208. The molecule has 4 rings (SSSR count). The average Bonchev–Trinajstić information content (AvgIpc) is 3.47. The number of rotatable bonds is 6. The van der Waals surface area contributed by atoms with Gasteiger partial charge in [-0.05, 0) is 48.0 Å². The van der Waals surface area contributed by atoms with Crippen LogP contribution in [0.3, 0.4) is 0 Å². The van der Waals surface area contributed by atoms with Crippen LogP contribution in [-0.2, 0) is 4.79 Å². The molecule has 1 atom stereocenters. The van der Waals surface area contributed by atoms with E-state index in [9.17, 15) is 9.59 Å². The van der Waals surface area contributed by atoms with Crippen LogP contribution in [0, 0.1) is 0 Å². The zero-order chi connectivity index (χ0) is 23.5. The van der Waals surface area contributed by atoms with E-state index in [1.807, 2.05) is 18.2 Å². The molecule has 1 aromatic heterocycles. The first kappa shape index (κ1) is 22.9. The summed E-state index contributed by atoms with van der Waals surface area (Å²) in [6, 6.07) is 15.5. The lowest BCUT2D eigenvalue weighted by molar-refractivity contribution is -0.131. The van der Waals surface area contributed by atoms with Gasteiger partial charge in [-0.3, -0.25) is 9.59 Å². The number of hydrogen-bond acceptors (Lipinski definition) is 5. The van der Waals surface area contributed by atoms with Crippen molar-refractivity contribution >= 4 is 46.4 Å². The van der Waals surface area contributed by atoms with Gasteiger partial charge >= 0.3 is 0 Å². The summed E-state index contributed by atoms with van der Waals surface area (Å²) in [5.41, 5.74) is 2.54. The summed E-state index contributed by atoms with van der Waals surface area (Å²) >= 11 is 12.1. The largest absolute Gasteiger partial charge is 0.467 e. The van der Waals surface area contributed by atoms with Crippen molar-refractivity contribution in [2.75, 3.05) is 26.0 Å². The van der Waals surface area contributed by atoms with Crippen LogP contribution >= 0.6 is 23.2 Å². The number of nitrogens with one attached hydrogen (secondary N) is 1. The van der Waals surface area contributed by atoms with Gasteiger partial charge in [-0.25, -0.2) is 5.01 Å². The fourth-order valence-electron chi connectivity index (χ4n) is 3.60. The van der Waals surface area contributed by atoms with E-state index in [2.05, 4.69) is 10.4 Å². The second kappa shape index (κ2) is 9.68. The van der Waals surface area contributed by atoms with Gasteiger partial charge in [0, 0.05) is 36.2 Å². The lowest BCUT2D eigenvalue weighted by atomic mass is 10.0. The van der Waals surface area contributed by atoms with Crippen molar-refractivity contribution < 1.29 is 14.0 Å². The third-order valence-electron chi connectivity index (χ3n) is 5.26. The highest BCUT2D eigenvalue weighted by Gasteiger charge is 2.34. The zero-order valence-electron chi connectivity index (χ0n) is 18.1. The maximum atomic E-state index is 13.2. The normalized spacial score (nSPS) is 15.3. The molecule has 1 aliphatic heterocycles. The molecule has 0 aliphatic carbocycles. The number of anilines is 1. The SMILES string of the molecule is CN(C)C(=O)c1ccc(Cl)cc1NCC(=O)N1N=C(c2ccc(Cl)cc2)CC1c1ccco1. The Hall–Kier alpha value is -3.29. The molecule has 0 bridgehead atoms. The predicted octanol–water partition coefficient (Wildman–Crippen LogP) is 5.08. The predicted molar refractivity (Wildman–Crippen MR) is 129 cm³/mol. The van der Waals surface area contributed by atoms with Gasteiger partial charge in [-0.2, -0.15) is 5.10 Å². The van der Waals surface area contributed by atoms with Crippen LogP contribution in [0.15, 0.2) is 70.4 Å². The maximum absolute atomic E-state index is 13.2. The Bertz CT molecular complexity index is 1190. The molecule has 0 fully saturated rings. The molecule has 2 heterocycles. The number of halogens is 2. The van der Waals surface area contributed by atoms with Gasteiger partial charge in [-0.15, -0.1) is 0 Å². The van der Waals surface area contributed by atoms with Gasteiger partial charge in [0.05, 0.1) is 24.1 Å². The molecule has 3 aromatic rings. The molecule has 170 valence electrons. The van der Waals surface area contributed by atoms with Gasteiger partial charge in [0.25, 0.3) is 11.8 Å². The lowest BCUT2D eigenvalue weighted by Gasteiger charge is -2.21. The highest BCUT2D eigenvalue weighted by molar-refractivity contribution is 6.31. The minimum Gasteiger partial charge on any atom is -0.467 e. The van der Waals surface area contributed by atoms with Crippen LogP contribution in [0.1, 0.15) is 34.1 Å². The van der Waals surface area contributed by atoms with E-state index in [0.29, 0.717) is 33.5 Å². The van der Waals surface area contributed by atoms with E-state index in [1.54, 1.807) is 56.8 Å².